The summed E-state index contributed by atoms with van der Waals surface area (Å²) >= 11 is 5.69. The molecule has 1 aliphatic rings. The Bertz CT molecular complexity index is 1310. The second-order valence-corrected chi connectivity index (χ2v) is 10.1. The summed E-state index contributed by atoms with van der Waals surface area (Å²) in [4.78, 5) is 26.7. The smallest absolute Gasteiger partial charge is 0.417 e. The van der Waals surface area contributed by atoms with Crippen LogP contribution in [0.1, 0.15) is 52.1 Å². The largest absolute Gasteiger partial charge is 0.447 e. The number of rotatable bonds is 7. The Labute approximate surface area is 221 Å². The molecule has 14 heteroatoms. The van der Waals surface area contributed by atoms with Crippen LogP contribution in [0.15, 0.2) is 35.0 Å². The Hall–Kier alpha value is -3.45. The number of carbonyl (C=O) groups excluding carboxylic acids is 1. The lowest BCUT2D eigenvalue weighted by Crippen LogP contribution is -2.45. The predicted octanol–water partition coefficient (Wildman–Crippen LogP) is 5.90. The Morgan fingerprint density at radius 3 is 2.61 bits per heavy atom. The number of nitrogens with one attached hydrogen (secondary N) is 1. The van der Waals surface area contributed by atoms with E-state index in [0.29, 0.717) is 5.82 Å². The molecule has 1 unspecified atom stereocenters. The van der Waals surface area contributed by atoms with E-state index in [4.69, 9.17) is 25.6 Å². The first-order valence-electron chi connectivity index (χ1n) is 11.7. The van der Waals surface area contributed by atoms with Crippen LogP contribution in [0.25, 0.3) is 11.4 Å². The molecule has 1 fully saturated rings. The van der Waals surface area contributed by atoms with Crippen LogP contribution in [0, 0.1) is 0 Å². The van der Waals surface area contributed by atoms with E-state index in [1.54, 1.807) is 13.0 Å². The second kappa shape index (κ2) is 10.4. The molecule has 0 bridgehead atoms. The van der Waals surface area contributed by atoms with Crippen molar-refractivity contribution in [3.63, 3.8) is 0 Å². The Balaban J connectivity index is 1.51. The van der Waals surface area contributed by atoms with E-state index in [1.807, 2.05) is 27.7 Å². The number of aromatic nitrogens is 4. The van der Waals surface area contributed by atoms with E-state index >= 15 is 0 Å². The minimum Gasteiger partial charge on any atom is -0.447 e. The first-order valence-corrected chi connectivity index (χ1v) is 12.0. The van der Waals surface area contributed by atoms with Crippen molar-refractivity contribution in [3.8, 4) is 11.4 Å². The van der Waals surface area contributed by atoms with Gasteiger partial charge in [-0.2, -0.15) is 23.1 Å². The topological polar surface area (TPSA) is 116 Å². The van der Waals surface area contributed by atoms with Gasteiger partial charge in [0, 0.05) is 11.8 Å². The number of amides is 1. The van der Waals surface area contributed by atoms with Gasteiger partial charge in [-0.15, -0.1) is 0 Å². The molecule has 2 aromatic heterocycles. The molecular weight excluding hydrogens is 529 g/mol. The fourth-order valence-electron chi connectivity index (χ4n) is 3.90. The van der Waals surface area contributed by atoms with Gasteiger partial charge in [-0.25, -0.2) is 9.78 Å². The van der Waals surface area contributed by atoms with Gasteiger partial charge in [-0.3, -0.25) is 4.90 Å². The van der Waals surface area contributed by atoms with Crippen LogP contribution >= 0.6 is 11.6 Å². The average Bonchev–Trinajstić information content (AvgIpc) is 3.45. The van der Waals surface area contributed by atoms with Crippen molar-refractivity contribution in [1.82, 2.24) is 20.1 Å². The SMILES string of the molecule is CC(Nc1nccc(N2C(=O)OC[C@@H]2[C@@H](C)OC(C)(C)C)n1)c1nc(-c2ccc(Cl)c(C(F)(F)F)c2)no1. The number of hydrogen-bond donors (Lipinski definition) is 1. The number of anilines is 2. The van der Waals surface area contributed by atoms with Crippen molar-refractivity contribution in [3.05, 3.63) is 46.9 Å². The molecule has 0 aliphatic carbocycles. The molecule has 0 spiro atoms. The van der Waals surface area contributed by atoms with Gasteiger partial charge in [0.25, 0.3) is 0 Å². The standard InChI is InChI=1S/C24H26ClF3N6O4/c1-12(20-32-19(33-38-20)14-6-7-16(25)15(10-14)24(26,27)28)30-21-29-9-8-18(31-21)34-17(11-36-22(34)35)13(2)37-23(3,4)5/h6-10,12-13,17H,11H2,1-5H3,(H,29,30,31)/t12?,13-,17-/m1/s1. The van der Waals surface area contributed by atoms with E-state index in [9.17, 15) is 18.0 Å². The minimum absolute atomic E-state index is 0.0408. The van der Waals surface area contributed by atoms with Gasteiger partial charge in [0.2, 0.25) is 17.7 Å². The second-order valence-electron chi connectivity index (χ2n) is 9.70. The third-order valence-corrected chi connectivity index (χ3v) is 5.89. The fourth-order valence-corrected chi connectivity index (χ4v) is 4.12. The summed E-state index contributed by atoms with van der Waals surface area (Å²) in [5.74, 6) is 0.506. The number of halogens is 4. The number of alkyl halides is 3. The summed E-state index contributed by atoms with van der Waals surface area (Å²) in [6.07, 6.45) is -4.05. The summed E-state index contributed by atoms with van der Waals surface area (Å²) in [5.41, 5.74) is -1.33. The molecule has 1 N–H and O–H groups in total. The van der Waals surface area contributed by atoms with Crippen LogP contribution in [-0.2, 0) is 15.7 Å². The average molecular weight is 555 g/mol. The highest BCUT2D eigenvalue weighted by atomic mass is 35.5. The summed E-state index contributed by atoms with van der Waals surface area (Å²) in [5, 5.41) is 6.36. The number of nitrogens with zero attached hydrogens (tertiary/aromatic N) is 5. The third kappa shape index (κ3) is 6.16. The van der Waals surface area contributed by atoms with Crippen LogP contribution in [-0.4, -0.2) is 50.6 Å². The van der Waals surface area contributed by atoms with Gasteiger partial charge >= 0.3 is 12.3 Å². The highest BCUT2D eigenvalue weighted by molar-refractivity contribution is 6.31. The number of hydrogen-bond acceptors (Lipinski definition) is 9. The summed E-state index contributed by atoms with van der Waals surface area (Å²) in [6, 6.07) is 3.90. The predicted molar refractivity (Wildman–Crippen MR) is 132 cm³/mol. The van der Waals surface area contributed by atoms with Crippen LogP contribution in [0.4, 0.5) is 29.7 Å². The van der Waals surface area contributed by atoms with Crippen molar-refractivity contribution in [1.29, 1.82) is 0 Å². The Morgan fingerprint density at radius 2 is 1.92 bits per heavy atom. The molecule has 3 heterocycles. The van der Waals surface area contributed by atoms with Gasteiger partial charge in [0.1, 0.15) is 24.5 Å². The zero-order chi connectivity index (χ0) is 27.8. The Morgan fingerprint density at radius 1 is 1.18 bits per heavy atom. The van der Waals surface area contributed by atoms with E-state index in [-0.39, 0.29) is 35.9 Å². The van der Waals surface area contributed by atoms with Crippen molar-refractivity contribution >= 4 is 29.5 Å². The quantitative estimate of drug-likeness (QED) is 0.381. The minimum atomic E-state index is -4.63. The highest BCUT2D eigenvalue weighted by Crippen LogP contribution is 2.37. The molecule has 38 heavy (non-hydrogen) atoms. The fraction of sp³-hybridized carbons (Fsp3) is 0.458. The number of benzene rings is 1. The molecular formula is C24H26ClF3N6O4. The zero-order valence-electron chi connectivity index (χ0n) is 21.2. The highest BCUT2D eigenvalue weighted by Gasteiger charge is 2.40. The zero-order valence-corrected chi connectivity index (χ0v) is 22.0. The van der Waals surface area contributed by atoms with Crippen molar-refractivity contribution in [2.45, 2.75) is 64.6 Å². The molecule has 1 aliphatic heterocycles. The summed E-state index contributed by atoms with van der Waals surface area (Å²) in [6.45, 7) is 9.45. The van der Waals surface area contributed by atoms with E-state index in [2.05, 4.69) is 25.4 Å². The maximum atomic E-state index is 13.2. The van der Waals surface area contributed by atoms with Gasteiger partial charge in [-0.1, -0.05) is 16.8 Å². The van der Waals surface area contributed by atoms with E-state index in [1.165, 1.54) is 17.2 Å². The molecule has 0 saturated carbocycles. The monoisotopic (exact) mass is 554 g/mol. The number of cyclic esters (lactones) is 1. The maximum absolute atomic E-state index is 13.2. The molecule has 10 nitrogen and oxygen atoms in total. The Kier molecular flexibility index (Phi) is 7.53. The first-order chi connectivity index (χ1) is 17.7. The summed E-state index contributed by atoms with van der Waals surface area (Å²) < 4.78 is 56.2. The molecule has 1 aromatic carbocycles. The number of carbonyl (C=O) groups is 1. The first kappa shape index (κ1) is 27.6. The van der Waals surface area contributed by atoms with Crippen molar-refractivity contribution in [2.75, 3.05) is 16.8 Å². The lowest BCUT2D eigenvalue weighted by Gasteiger charge is -2.31. The van der Waals surface area contributed by atoms with Gasteiger partial charge in [-0.05, 0) is 58.9 Å². The van der Waals surface area contributed by atoms with Crippen molar-refractivity contribution < 1.29 is 32.0 Å². The summed E-state index contributed by atoms with van der Waals surface area (Å²) in [7, 11) is 0. The van der Waals surface area contributed by atoms with Crippen molar-refractivity contribution in [2.24, 2.45) is 0 Å². The van der Waals surface area contributed by atoms with E-state index < -0.39 is 40.5 Å². The van der Waals surface area contributed by atoms with E-state index in [0.717, 1.165) is 12.1 Å². The molecule has 3 aromatic rings. The molecule has 3 atom stereocenters. The molecule has 4 rings (SSSR count). The molecule has 204 valence electrons. The van der Waals surface area contributed by atoms with Crippen LogP contribution in [0.2, 0.25) is 5.02 Å². The van der Waals surface area contributed by atoms with Crippen LogP contribution in [0.3, 0.4) is 0 Å². The third-order valence-electron chi connectivity index (χ3n) is 5.56. The van der Waals surface area contributed by atoms with Gasteiger partial charge < -0.3 is 19.3 Å². The van der Waals surface area contributed by atoms with Crippen LogP contribution in [0.5, 0.6) is 0 Å². The normalized spacial score (nSPS) is 17.9. The maximum Gasteiger partial charge on any atom is 0.417 e. The molecule has 1 amide bonds. The van der Waals surface area contributed by atoms with Crippen LogP contribution < -0.4 is 10.2 Å². The molecule has 0 radical (unpaired) electrons. The van der Waals surface area contributed by atoms with Gasteiger partial charge in [0.05, 0.1) is 22.3 Å². The van der Waals surface area contributed by atoms with Gasteiger partial charge in [0.15, 0.2) is 0 Å². The lowest BCUT2D eigenvalue weighted by atomic mass is 10.1. The number of ether oxygens (including phenoxy) is 2. The molecule has 1 saturated heterocycles. The lowest BCUT2D eigenvalue weighted by molar-refractivity contribution is -0.137.